The third-order valence-electron chi connectivity index (χ3n) is 3.17. The van der Waals surface area contributed by atoms with Gasteiger partial charge in [0.2, 0.25) is 11.8 Å². The van der Waals surface area contributed by atoms with Crippen LogP contribution in [0.2, 0.25) is 0 Å². The van der Waals surface area contributed by atoms with Gasteiger partial charge in [0.05, 0.1) is 6.61 Å². The van der Waals surface area contributed by atoms with Gasteiger partial charge in [-0.2, -0.15) is 4.98 Å². The summed E-state index contributed by atoms with van der Waals surface area (Å²) in [7, 11) is 0. The molecular weight excluding hydrogens is 344 g/mol. The van der Waals surface area contributed by atoms with Crippen LogP contribution < -0.4 is 5.32 Å². The Kier molecular flexibility index (Phi) is 6.24. The summed E-state index contributed by atoms with van der Waals surface area (Å²) < 4.78 is 10.0. The Balaban J connectivity index is 1.77. The molecule has 2 heterocycles. The summed E-state index contributed by atoms with van der Waals surface area (Å²) >= 11 is 1.18. The third kappa shape index (κ3) is 5.63. The maximum atomic E-state index is 11.9. The van der Waals surface area contributed by atoms with E-state index in [1.54, 1.807) is 12.3 Å². The third-order valence-corrected chi connectivity index (χ3v) is 3.93. The number of aromatic nitrogens is 3. The number of hydrogen-bond acceptors (Lipinski definition) is 8. The smallest absolute Gasteiger partial charge is 0.357 e. The predicted octanol–water partition coefficient (Wildman–Crippen LogP) is 2.96. The topological polar surface area (TPSA) is 107 Å². The molecule has 9 heteroatoms. The number of carbonyl (C=O) groups excluding carboxylic acids is 2. The molecule has 25 heavy (non-hydrogen) atoms. The van der Waals surface area contributed by atoms with Crippen molar-refractivity contribution >= 4 is 28.3 Å². The predicted molar refractivity (Wildman–Crippen MR) is 92.6 cm³/mol. The second-order valence-electron chi connectivity index (χ2n) is 6.42. The van der Waals surface area contributed by atoms with E-state index in [9.17, 15) is 9.59 Å². The van der Waals surface area contributed by atoms with Crippen molar-refractivity contribution in [3.8, 4) is 0 Å². The van der Waals surface area contributed by atoms with Gasteiger partial charge in [-0.25, -0.2) is 9.78 Å². The van der Waals surface area contributed by atoms with E-state index >= 15 is 0 Å². The van der Waals surface area contributed by atoms with E-state index in [2.05, 4.69) is 20.4 Å². The van der Waals surface area contributed by atoms with E-state index < -0.39 is 5.97 Å². The van der Waals surface area contributed by atoms with Gasteiger partial charge in [0.1, 0.15) is 0 Å². The minimum Gasteiger partial charge on any atom is -0.461 e. The fourth-order valence-electron chi connectivity index (χ4n) is 1.87. The highest BCUT2D eigenvalue weighted by Crippen LogP contribution is 2.19. The quantitative estimate of drug-likeness (QED) is 0.751. The van der Waals surface area contributed by atoms with Crippen LogP contribution in [0.5, 0.6) is 0 Å². The van der Waals surface area contributed by atoms with Gasteiger partial charge in [-0.1, -0.05) is 25.9 Å². The summed E-state index contributed by atoms with van der Waals surface area (Å²) in [5, 5.41) is 8.55. The minimum absolute atomic E-state index is 0.166. The Hall–Kier alpha value is -2.29. The molecule has 0 spiro atoms. The minimum atomic E-state index is -0.495. The average molecular weight is 366 g/mol. The van der Waals surface area contributed by atoms with Crippen LogP contribution >= 0.6 is 11.3 Å². The molecule has 136 valence electrons. The largest absolute Gasteiger partial charge is 0.461 e. The van der Waals surface area contributed by atoms with Gasteiger partial charge in [-0.15, -0.1) is 11.3 Å². The maximum Gasteiger partial charge on any atom is 0.357 e. The summed E-state index contributed by atoms with van der Waals surface area (Å²) in [6.07, 6.45) is 1.40. The lowest BCUT2D eigenvalue weighted by molar-refractivity contribution is -0.116. The number of anilines is 1. The molecule has 0 saturated heterocycles. The van der Waals surface area contributed by atoms with Gasteiger partial charge >= 0.3 is 5.97 Å². The van der Waals surface area contributed by atoms with Crippen LogP contribution in [-0.2, 0) is 21.4 Å². The van der Waals surface area contributed by atoms with Gasteiger partial charge in [-0.3, -0.25) is 4.79 Å². The highest BCUT2D eigenvalue weighted by Gasteiger charge is 2.21. The van der Waals surface area contributed by atoms with Gasteiger partial charge in [0.15, 0.2) is 16.6 Å². The molecule has 0 saturated carbocycles. The number of hydrogen-bond donors (Lipinski definition) is 1. The first-order valence-electron chi connectivity index (χ1n) is 8.05. The normalized spacial score (nSPS) is 11.4. The van der Waals surface area contributed by atoms with Crippen LogP contribution in [0.15, 0.2) is 9.90 Å². The molecule has 0 unspecified atom stereocenters. The average Bonchev–Trinajstić information content (AvgIpc) is 3.16. The first-order chi connectivity index (χ1) is 11.8. The summed E-state index contributed by atoms with van der Waals surface area (Å²) in [6.45, 7) is 8.03. The molecular formula is C16H22N4O4S. The lowest BCUT2D eigenvalue weighted by atomic mass is 9.96. The first kappa shape index (κ1) is 19.0. The Morgan fingerprint density at radius 3 is 2.72 bits per heavy atom. The molecule has 2 aromatic heterocycles. The van der Waals surface area contributed by atoms with E-state index in [0.29, 0.717) is 36.1 Å². The van der Waals surface area contributed by atoms with Gasteiger partial charge in [-0.05, 0) is 13.3 Å². The van der Waals surface area contributed by atoms with E-state index in [0.717, 1.165) is 0 Å². The van der Waals surface area contributed by atoms with Crippen LogP contribution in [0.3, 0.4) is 0 Å². The lowest BCUT2D eigenvalue weighted by Gasteiger charge is -2.10. The van der Waals surface area contributed by atoms with Crippen molar-refractivity contribution in [2.24, 2.45) is 0 Å². The number of aryl methyl sites for hydroxylation is 1. The van der Waals surface area contributed by atoms with Crippen LogP contribution in [0.25, 0.3) is 0 Å². The molecule has 2 aromatic rings. The molecule has 1 amide bonds. The first-order valence-corrected chi connectivity index (χ1v) is 8.93. The fraction of sp³-hybridized carbons (Fsp3) is 0.562. The Morgan fingerprint density at radius 2 is 2.08 bits per heavy atom. The maximum absolute atomic E-state index is 11.9. The van der Waals surface area contributed by atoms with Crippen molar-refractivity contribution in [3.63, 3.8) is 0 Å². The Morgan fingerprint density at radius 1 is 1.32 bits per heavy atom. The second-order valence-corrected chi connectivity index (χ2v) is 7.28. The zero-order valence-electron chi connectivity index (χ0n) is 14.8. The number of carbonyl (C=O) groups is 2. The van der Waals surface area contributed by atoms with E-state index in [1.165, 1.54) is 11.3 Å². The molecule has 2 rings (SSSR count). The number of nitrogens with zero attached hydrogens (tertiary/aromatic N) is 3. The molecule has 0 fully saturated rings. The van der Waals surface area contributed by atoms with Crippen LogP contribution in [-0.4, -0.2) is 33.6 Å². The van der Waals surface area contributed by atoms with Crippen molar-refractivity contribution in [1.82, 2.24) is 15.1 Å². The van der Waals surface area contributed by atoms with E-state index in [1.807, 2.05) is 20.8 Å². The van der Waals surface area contributed by atoms with Gasteiger partial charge < -0.3 is 14.6 Å². The SMILES string of the molecule is CCOC(=O)c1csc(NC(=O)CCCc2nc(C(C)(C)C)no2)n1. The van der Waals surface area contributed by atoms with Crippen molar-refractivity contribution in [2.45, 2.75) is 52.4 Å². The Bertz CT molecular complexity index is 733. The second kappa shape index (κ2) is 8.19. The van der Waals surface area contributed by atoms with Gasteiger partial charge in [0, 0.05) is 23.6 Å². The van der Waals surface area contributed by atoms with Crippen molar-refractivity contribution in [1.29, 1.82) is 0 Å². The van der Waals surface area contributed by atoms with Crippen LogP contribution in [0.1, 0.15) is 62.7 Å². The zero-order chi connectivity index (χ0) is 18.4. The molecule has 0 radical (unpaired) electrons. The molecule has 1 N–H and O–H groups in total. The van der Waals surface area contributed by atoms with Crippen LogP contribution in [0.4, 0.5) is 5.13 Å². The number of ether oxygens (including phenoxy) is 1. The lowest BCUT2D eigenvalue weighted by Crippen LogP contribution is -2.13. The molecule has 0 aliphatic carbocycles. The zero-order valence-corrected chi connectivity index (χ0v) is 15.6. The number of thiazole rings is 1. The van der Waals surface area contributed by atoms with Gasteiger partial charge in [0.25, 0.3) is 0 Å². The number of nitrogens with one attached hydrogen (secondary N) is 1. The van der Waals surface area contributed by atoms with Crippen molar-refractivity contribution < 1.29 is 18.8 Å². The fourth-order valence-corrected chi connectivity index (χ4v) is 2.57. The molecule has 0 aromatic carbocycles. The molecule has 8 nitrogen and oxygen atoms in total. The summed E-state index contributed by atoms with van der Waals surface area (Å²) in [4.78, 5) is 31.8. The molecule has 0 aliphatic rings. The van der Waals surface area contributed by atoms with Crippen molar-refractivity contribution in [3.05, 3.63) is 22.8 Å². The van der Waals surface area contributed by atoms with Crippen molar-refractivity contribution in [2.75, 3.05) is 11.9 Å². The number of amides is 1. The van der Waals surface area contributed by atoms with Crippen LogP contribution in [0, 0.1) is 0 Å². The Labute approximate surface area is 150 Å². The van der Waals surface area contributed by atoms with E-state index in [-0.39, 0.29) is 23.6 Å². The number of esters is 1. The summed E-state index contributed by atoms with van der Waals surface area (Å²) in [6, 6.07) is 0. The molecule has 0 atom stereocenters. The highest BCUT2D eigenvalue weighted by molar-refractivity contribution is 7.14. The monoisotopic (exact) mass is 366 g/mol. The number of rotatable bonds is 7. The standard InChI is InChI=1S/C16H22N4O4S/c1-5-23-13(22)10-9-25-15(17-10)18-11(21)7-6-8-12-19-14(20-24-12)16(2,3)4/h9H,5-8H2,1-4H3,(H,17,18,21). The molecule has 0 aliphatic heterocycles. The van der Waals surface area contributed by atoms with E-state index in [4.69, 9.17) is 9.26 Å². The molecule has 0 bridgehead atoms. The summed E-state index contributed by atoms with van der Waals surface area (Å²) in [5.41, 5.74) is 0.0309. The summed E-state index contributed by atoms with van der Waals surface area (Å²) in [5.74, 6) is 0.503. The highest BCUT2D eigenvalue weighted by atomic mass is 32.1.